The van der Waals surface area contributed by atoms with Gasteiger partial charge in [-0.25, -0.2) is 0 Å². The van der Waals surface area contributed by atoms with Crippen LogP contribution in [0.3, 0.4) is 0 Å². The summed E-state index contributed by atoms with van der Waals surface area (Å²) in [5.74, 6) is 0. The number of fused-ring (bicyclic) bond motifs is 3. The van der Waals surface area contributed by atoms with Crippen LogP contribution < -0.4 is 0 Å². The Labute approximate surface area is 246 Å². The van der Waals surface area contributed by atoms with E-state index in [0.717, 1.165) is 33.4 Å². The molecule has 0 saturated carbocycles. The maximum absolute atomic E-state index is 10.3. The van der Waals surface area contributed by atoms with Gasteiger partial charge in [0.1, 0.15) is 0 Å². The van der Waals surface area contributed by atoms with Crippen molar-refractivity contribution in [3.63, 3.8) is 0 Å². The molecule has 200 valence electrons. The van der Waals surface area contributed by atoms with Crippen molar-refractivity contribution >= 4 is 21.8 Å². The molecule has 0 amide bonds. The normalized spacial score (nSPS) is 11.2. The summed E-state index contributed by atoms with van der Waals surface area (Å²) in [5.41, 5.74) is 14.2. The summed E-state index contributed by atoms with van der Waals surface area (Å²) in [6, 6.07) is 41.1. The maximum atomic E-state index is 10.3. The molecule has 0 N–H and O–H groups in total. The summed E-state index contributed by atoms with van der Waals surface area (Å²) in [6.45, 7) is 6.45. The molecule has 0 atom stereocenters. The van der Waals surface area contributed by atoms with Gasteiger partial charge in [0.25, 0.3) is 0 Å². The summed E-state index contributed by atoms with van der Waals surface area (Å²) >= 11 is 0. The molecular formula is C39H29N3. The minimum absolute atomic E-state index is 0.641. The minimum atomic E-state index is 0.641. The fourth-order valence-electron chi connectivity index (χ4n) is 6.21. The van der Waals surface area contributed by atoms with Gasteiger partial charge in [-0.05, 0) is 107 Å². The molecule has 7 aromatic rings. The van der Waals surface area contributed by atoms with Crippen LogP contribution in [0.5, 0.6) is 0 Å². The van der Waals surface area contributed by atoms with Crippen LogP contribution in [0.4, 0.5) is 0 Å². The fourth-order valence-corrected chi connectivity index (χ4v) is 6.21. The first kappa shape index (κ1) is 25.5. The van der Waals surface area contributed by atoms with Gasteiger partial charge >= 0.3 is 0 Å². The van der Waals surface area contributed by atoms with Gasteiger partial charge in [0.2, 0.25) is 0 Å². The van der Waals surface area contributed by atoms with Crippen LogP contribution in [0.15, 0.2) is 122 Å². The molecule has 42 heavy (non-hydrogen) atoms. The van der Waals surface area contributed by atoms with Gasteiger partial charge in [-0.3, -0.25) is 4.98 Å². The van der Waals surface area contributed by atoms with Crippen LogP contribution in [-0.2, 0) is 0 Å². The van der Waals surface area contributed by atoms with Gasteiger partial charge in [-0.1, -0.05) is 72.8 Å². The molecule has 0 spiro atoms. The highest BCUT2D eigenvalue weighted by Crippen LogP contribution is 2.39. The van der Waals surface area contributed by atoms with Crippen LogP contribution in [0.2, 0.25) is 0 Å². The molecule has 7 rings (SSSR count). The van der Waals surface area contributed by atoms with Crippen LogP contribution in [0.1, 0.15) is 22.3 Å². The van der Waals surface area contributed by atoms with Crippen molar-refractivity contribution in [2.75, 3.05) is 0 Å². The zero-order valence-corrected chi connectivity index (χ0v) is 23.9. The molecule has 0 aliphatic carbocycles. The number of aromatic nitrogens is 2. The molecule has 0 bridgehead atoms. The molecular weight excluding hydrogens is 510 g/mol. The number of benzene rings is 5. The van der Waals surface area contributed by atoms with E-state index in [0.29, 0.717) is 5.56 Å². The summed E-state index contributed by atoms with van der Waals surface area (Å²) < 4.78 is 2.35. The number of aryl methyl sites for hydroxylation is 3. The number of rotatable bonds is 4. The van der Waals surface area contributed by atoms with Crippen molar-refractivity contribution in [3.05, 3.63) is 144 Å². The van der Waals surface area contributed by atoms with Crippen molar-refractivity contribution in [2.24, 2.45) is 0 Å². The molecule has 0 unspecified atom stereocenters. The number of nitrogens with zero attached hydrogens (tertiary/aromatic N) is 3. The zero-order valence-electron chi connectivity index (χ0n) is 23.9. The van der Waals surface area contributed by atoms with Crippen molar-refractivity contribution < 1.29 is 0 Å². The van der Waals surface area contributed by atoms with Crippen LogP contribution >= 0.6 is 0 Å². The van der Waals surface area contributed by atoms with E-state index >= 15 is 0 Å². The summed E-state index contributed by atoms with van der Waals surface area (Å²) in [4.78, 5) is 4.17. The molecule has 0 fully saturated rings. The minimum Gasteiger partial charge on any atom is -0.309 e. The Kier molecular flexibility index (Phi) is 6.18. The monoisotopic (exact) mass is 539 g/mol. The second-order valence-corrected chi connectivity index (χ2v) is 11.0. The van der Waals surface area contributed by atoms with Gasteiger partial charge in [-0.15, -0.1) is 0 Å². The molecule has 2 heterocycles. The van der Waals surface area contributed by atoms with E-state index in [9.17, 15) is 5.26 Å². The summed E-state index contributed by atoms with van der Waals surface area (Å²) in [6.07, 6.45) is 3.54. The molecule has 3 nitrogen and oxygen atoms in total. The van der Waals surface area contributed by atoms with E-state index in [1.165, 1.54) is 44.2 Å². The molecule has 0 aliphatic heterocycles. The first-order valence-electron chi connectivity index (χ1n) is 14.2. The first-order valence-corrected chi connectivity index (χ1v) is 14.2. The van der Waals surface area contributed by atoms with E-state index < -0.39 is 0 Å². The summed E-state index contributed by atoms with van der Waals surface area (Å²) in [5, 5.41) is 12.7. The average Bonchev–Trinajstić information content (AvgIpc) is 3.34. The van der Waals surface area contributed by atoms with Crippen molar-refractivity contribution in [1.29, 1.82) is 5.26 Å². The first-order chi connectivity index (χ1) is 20.5. The summed E-state index contributed by atoms with van der Waals surface area (Å²) in [7, 11) is 0. The molecule has 2 aromatic heterocycles. The standard InChI is InChI=1S/C39H29N3/c1-25-8-4-6-10-32(25)29-12-14-34-35-15-13-30(33-11-7-5-9-26(33)2)22-39(35)42(38(34)21-29)37-23-31(24-40)36(20-27(37)3)28-16-18-41-19-17-28/h4-23H,1-3H3. The zero-order chi connectivity index (χ0) is 28.8. The Bertz CT molecular complexity index is 2080. The van der Waals surface area contributed by atoms with Crippen molar-refractivity contribution in [1.82, 2.24) is 9.55 Å². The quantitative estimate of drug-likeness (QED) is 0.223. The Morgan fingerprint density at radius 2 is 1.10 bits per heavy atom. The van der Waals surface area contributed by atoms with E-state index in [-0.39, 0.29) is 0 Å². The number of nitriles is 1. The van der Waals surface area contributed by atoms with Gasteiger partial charge in [0.15, 0.2) is 0 Å². The van der Waals surface area contributed by atoms with Gasteiger partial charge in [-0.2, -0.15) is 5.26 Å². The molecule has 0 radical (unpaired) electrons. The Morgan fingerprint density at radius 3 is 1.62 bits per heavy atom. The second kappa shape index (κ2) is 10.2. The smallest absolute Gasteiger partial charge is 0.0998 e. The highest BCUT2D eigenvalue weighted by atomic mass is 15.0. The molecule has 0 saturated heterocycles. The third-order valence-electron chi connectivity index (χ3n) is 8.37. The van der Waals surface area contributed by atoms with E-state index in [4.69, 9.17) is 0 Å². The second-order valence-electron chi connectivity index (χ2n) is 11.0. The van der Waals surface area contributed by atoms with Crippen molar-refractivity contribution in [2.45, 2.75) is 20.8 Å². The molecule has 5 aromatic carbocycles. The van der Waals surface area contributed by atoms with Crippen LogP contribution in [0.25, 0.3) is 60.9 Å². The van der Waals surface area contributed by atoms with Crippen molar-refractivity contribution in [3.8, 4) is 45.1 Å². The Morgan fingerprint density at radius 1 is 0.548 bits per heavy atom. The van der Waals surface area contributed by atoms with Gasteiger partial charge in [0.05, 0.1) is 28.4 Å². The molecule has 3 heteroatoms. The Balaban J connectivity index is 1.56. The lowest BCUT2D eigenvalue weighted by molar-refractivity contribution is 1.15. The fraction of sp³-hybridized carbons (Fsp3) is 0.0769. The highest BCUT2D eigenvalue weighted by molar-refractivity contribution is 6.11. The lowest BCUT2D eigenvalue weighted by atomic mass is 9.97. The number of hydrogen-bond donors (Lipinski definition) is 0. The average molecular weight is 540 g/mol. The van der Waals surface area contributed by atoms with Crippen LogP contribution in [-0.4, -0.2) is 9.55 Å². The van der Waals surface area contributed by atoms with Gasteiger partial charge in [0, 0.05) is 23.2 Å². The Hall–Kier alpha value is -5.46. The lowest BCUT2D eigenvalue weighted by Crippen LogP contribution is -2.00. The number of pyridine rings is 1. The third-order valence-corrected chi connectivity index (χ3v) is 8.37. The SMILES string of the molecule is Cc1ccccc1-c1ccc2c3ccc(-c4ccccc4C)cc3n(-c3cc(C#N)c(-c4ccncc4)cc3C)c2c1. The van der Waals surface area contributed by atoms with Crippen LogP contribution in [0, 0.1) is 32.1 Å². The maximum Gasteiger partial charge on any atom is 0.0998 e. The van der Waals surface area contributed by atoms with E-state index in [1.807, 2.05) is 18.2 Å². The predicted octanol–water partition coefficient (Wildman–Crippen LogP) is 9.98. The van der Waals surface area contributed by atoms with E-state index in [1.54, 1.807) is 12.4 Å². The predicted molar refractivity (Wildman–Crippen MR) is 174 cm³/mol. The van der Waals surface area contributed by atoms with Gasteiger partial charge < -0.3 is 4.57 Å². The highest BCUT2D eigenvalue weighted by Gasteiger charge is 2.18. The number of hydrogen-bond acceptors (Lipinski definition) is 2. The van der Waals surface area contributed by atoms with E-state index in [2.05, 4.69) is 127 Å². The molecule has 0 aliphatic rings. The third kappa shape index (κ3) is 4.17. The topological polar surface area (TPSA) is 41.6 Å². The lowest BCUT2D eigenvalue weighted by Gasteiger charge is -2.16. The largest absolute Gasteiger partial charge is 0.309 e.